The highest BCUT2D eigenvalue weighted by atomic mass is 32.2. The summed E-state index contributed by atoms with van der Waals surface area (Å²) in [7, 11) is 2.08. The fourth-order valence-corrected chi connectivity index (χ4v) is 2.23. The molecule has 0 spiro atoms. The number of nitrogens with zero attached hydrogens (tertiary/aromatic N) is 4. The van der Waals surface area contributed by atoms with Crippen LogP contribution in [0.15, 0.2) is 4.52 Å². The minimum Gasteiger partial charge on any atom is -0.481 e. The van der Waals surface area contributed by atoms with Crippen LogP contribution in [-0.4, -0.2) is 65.1 Å². The van der Waals surface area contributed by atoms with Gasteiger partial charge in [0.05, 0.1) is 11.5 Å². The maximum absolute atomic E-state index is 10.4. The molecule has 8 heteroatoms. The van der Waals surface area contributed by atoms with Crippen LogP contribution in [0.1, 0.15) is 5.89 Å². The molecule has 1 aliphatic heterocycles. The van der Waals surface area contributed by atoms with Crippen LogP contribution in [-0.2, 0) is 10.5 Å². The molecular weight excluding hydrogens is 256 g/mol. The van der Waals surface area contributed by atoms with Crippen molar-refractivity contribution in [3.05, 3.63) is 5.89 Å². The first kappa shape index (κ1) is 13.2. The molecule has 0 atom stereocenters. The Bertz CT molecular complexity index is 404. The molecule has 1 fully saturated rings. The van der Waals surface area contributed by atoms with Gasteiger partial charge in [0.2, 0.25) is 5.89 Å². The van der Waals surface area contributed by atoms with Crippen LogP contribution in [0.25, 0.3) is 0 Å². The Morgan fingerprint density at radius 3 is 2.83 bits per heavy atom. The number of likely N-dealkylation sites (N-methyl/N-ethyl adjacent to an activating group) is 1. The number of carboxylic acids is 1. The second kappa shape index (κ2) is 6.05. The van der Waals surface area contributed by atoms with Gasteiger partial charge in [0.1, 0.15) is 0 Å². The molecule has 0 saturated carbocycles. The Kier molecular flexibility index (Phi) is 4.43. The van der Waals surface area contributed by atoms with Crippen molar-refractivity contribution in [2.45, 2.75) is 5.75 Å². The fourth-order valence-electron chi connectivity index (χ4n) is 1.67. The van der Waals surface area contributed by atoms with E-state index in [1.165, 1.54) is 11.8 Å². The highest BCUT2D eigenvalue weighted by Crippen LogP contribution is 2.15. The lowest BCUT2D eigenvalue weighted by Crippen LogP contribution is -2.44. The van der Waals surface area contributed by atoms with E-state index in [0.717, 1.165) is 26.2 Å². The average Bonchev–Trinajstić information content (AvgIpc) is 2.78. The predicted octanol–water partition coefficient (Wildman–Crippen LogP) is 0.139. The fraction of sp³-hybridized carbons (Fsp3) is 0.700. The van der Waals surface area contributed by atoms with E-state index in [0.29, 0.717) is 17.6 Å². The minimum atomic E-state index is -0.834. The molecule has 0 aromatic carbocycles. The highest BCUT2D eigenvalue weighted by Gasteiger charge is 2.18. The molecule has 18 heavy (non-hydrogen) atoms. The third-order valence-electron chi connectivity index (χ3n) is 2.69. The molecule has 0 amide bonds. The van der Waals surface area contributed by atoms with Crippen molar-refractivity contribution in [2.24, 2.45) is 0 Å². The van der Waals surface area contributed by atoms with Crippen molar-refractivity contribution in [3.63, 3.8) is 0 Å². The maximum atomic E-state index is 10.4. The third-order valence-corrected chi connectivity index (χ3v) is 3.60. The minimum absolute atomic E-state index is 0.0478. The van der Waals surface area contributed by atoms with E-state index in [1.54, 1.807) is 0 Å². The smallest absolute Gasteiger partial charge is 0.313 e. The molecule has 1 aromatic rings. The Balaban J connectivity index is 1.84. The zero-order valence-corrected chi connectivity index (χ0v) is 11.0. The molecule has 1 saturated heterocycles. The molecule has 2 heterocycles. The number of piperazine rings is 1. The average molecular weight is 272 g/mol. The van der Waals surface area contributed by atoms with Crippen molar-refractivity contribution < 1.29 is 14.4 Å². The number of thioether (sulfide) groups is 1. The number of carboxylic acid groups (broad SMARTS) is 1. The van der Waals surface area contributed by atoms with Crippen LogP contribution in [0.4, 0.5) is 5.95 Å². The molecule has 100 valence electrons. The van der Waals surface area contributed by atoms with Crippen molar-refractivity contribution in [3.8, 4) is 0 Å². The summed E-state index contributed by atoms with van der Waals surface area (Å²) in [5.74, 6) is 0.738. The third kappa shape index (κ3) is 3.61. The van der Waals surface area contributed by atoms with Gasteiger partial charge in [-0.3, -0.25) is 4.79 Å². The standard InChI is InChI=1S/C10H16N4O3S/c1-13-2-4-14(5-3-13)10-11-8(17-12-10)6-18-7-9(15)16/h2-7H2,1H3,(H,15,16). The molecule has 7 nitrogen and oxygen atoms in total. The number of hydrogen-bond acceptors (Lipinski definition) is 7. The van der Waals surface area contributed by atoms with Crippen molar-refractivity contribution in [2.75, 3.05) is 43.9 Å². The molecule has 2 rings (SSSR count). The summed E-state index contributed by atoms with van der Waals surface area (Å²) in [5, 5.41) is 12.4. The van der Waals surface area contributed by atoms with Crippen molar-refractivity contribution in [1.82, 2.24) is 15.0 Å². The summed E-state index contributed by atoms with van der Waals surface area (Å²) < 4.78 is 5.10. The molecule has 0 radical (unpaired) electrons. The molecule has 1 aromatic heterocycles. The number of hydrogen-bond donors (Lipinski definition) is 1. The SMILES string of the molecule is CN1CCN(c2noc(CSCC(=O)O)n2)CC1. The zero-order chi connectivity index (χ0) is 13.0. The van der Waals surface area contributed by atoms with Gasteiger partial charge in [-0.2, -0.15) is 4.98 Å². The van der Waals surface area contributed by atoms with Crippen LogP contribution in [0.5, 0.6) is 0 Å². The van der Waals surface area contributed by atoms with Gasteiger partial charge in [0.25, 0.3) is 5.95 Å². The van der Waals surface area contributed by atoms with Crippen LogP contribution in [0.2, 0.25) is 0 Å². The summed E-state index contributed by atoms with van der Waals surface area (Å²) in [4.78, 5) is 19.0. The highest BCUT2D eigenvalue weighted by molar-refractivity contribution is 7.99. The Morgan fingerprint density at radius 2 is 2.17 bits per heavy atom. The first-order valence-corrected chi connectivity index (χ1v) is 6.86. The Labute approximate surface area is 109 Å². The molecular formula is C10H16N4O3S. The second-order valence-corrected chi connectivity index (χ2v) is 5.15. The van der Waals surface area contributed by atoms with E-state index < -0.39 is 5.97 Å². The molecule has 1 aliphatic rings. The van der Waals surface area contributed by atoms with Gasteiger partial charge in [0.15, 0.2) is 0 Å². The van der Waals surface area contributed by atoms with Gasteiger partial charge in [0, 0.05) is 26.2 Å². The molecule has 0 bridgehead atoms. The second-order valence-electron chi connectivity index (χ2n) is 4.16. The van der Waals surface area contributed by atoms with Gasteiger partial charge in [-0.15, -0.1) is 11.8 Å². The maximum Gasteiger partial charge on any atom is 0.313 e. The van der Waals surface area contributed by atoms with Crippen molar-refractivity contribution in [1.29, 1.82) is 0 Å². The summed E-state index contributed by atoms with van der Waals surface area (Å²) in [5.41, 5.74) is 0. The van der Waals surface area contributed by atoms with E-state index in [1.807, 2.05) is 0 Å². The first-order chi connectivity index (χ1) is 8.65. The summed E-state index contributed by atoms with van der Waals surface area (Å²) in [6.45, 7) is 3.74. The molecule has 0 aliphatic carbocycles. The van der Waals surface area contributed by atoms with E-state index in [-0.39, 0.29) is 5.75 Å². The van der Waals surface area contributed by atoms with Gasteiger partial charge >= 0.3 is 5.97 Å². The summed E-state index contributed by atoms with van der Waals surface area (Å²) in [6.07, 6.45) is 0. The van der Waals surface area contributed by atoms with E-state index >= 15 is 0 Å². The number of carbonyl (C=O) groups is 1. The summed E-state index contributed by atoms with van der Waals surface area (Å²) >= 11 is 1.25. The Morgan fingerprint density at radius 1 is 1.44 bits per heavy atom. The lowest BCUT2D eigenvalue weighted by molar-refractivity contribution is -0.133. The topological polar surface area (TPSA) is 82.7 Å². The lowest BCUT2D eigenvalue weighted by atomic mass is 10.3. The molecule has 1 N–H and O–H groups in total. The van der Waals surface area contributed by atoms with Crippen LogP contribution in [0, 0.1) is 0 Å². The first-order valence-electron chi connectivity index (χ1n) is 5.71. The quantitative estimate of drug-likeness (QED) is 0.810. The van der Waals surface area contributed by atoms with Gasteiger partial charge in [-0.25, -0.2) is 0 Å². The van der Waals surface area contributed by atoms with Crippen LogP contribution < -0.4 is 4.90 Å². The van der Waals surface area contributed by atoms with Gasteiger partial charge in [-0.05, 0) is 12.2 Å². The Hall–Kier alpha value is -1.28. The van der Waals surface area contributed by atoms with E-state index in [4.69, 9.17) is 9.63 Å². The lowest BCUT2D eigenvalue weighted by Gasteiger charge is -2.31. The van der Waals surface area contributed by atoms with Crippen LogP contribution >= 0.6 is 11.8 Å². The van der Waals surface area contributed by atoms with Crippen LogP contribution in [0.3, 0.4) is 0 Å². The monoisotopic (exact) mass is 272 g/mol. The normalized spacial score (nSPS) is 17.1. The van der Waals surface area contributed by atoms with E-state index in [2.05, 4.69) is 27.0 Å². The number of aromatic nitrogens is 2. The van der Waals surface area contributed by atoms with Crippen molar-refractivity contribution >= 4 is 23.7 Å². The molecule has 0 unspecified atom stereocenters. The number of aliphatic carboxylic acids is 1. The van der Waals surface area contributed by atoms with Gasteiger partial charge in [-0.1, -0.05) is 0 Å². The zero-order valence-electron chi connectivity index (χ0n) is 10.2. The number of rotatable bonds is 5. The van der Waals surface area contributed by atoms with Gasteiger partial charge < -0.3 is 19.4 Å². The number of anilines is 1. The van der Waals surface area contributed by atoms with E-state index in [9.17, 15) is 4.79 Å². The summed E-state index contributed by atoms with van der Waals surface area (Å²) in [6, 6.07) is 0. The predicted molar refractivity (Wildman–Crippen MR) is 67.8 cm³/mol. The largest absolute Gasteiger partial charge is 0.481 e.